The maximum Gasteiger partial charge on any atom is 0.272 e. The molecule has 2 N–H and O–H groups in total. The van der Waals surface area contributed by atoms with Crippen LogP contribution in [0.15, 0.2) is 18.2 Å². The van der Waals surface area contributed by atoms with Gasteiger partial charge >= 0.3 is 0 Å². The van der Waals surface area contributed by atoms with Gasteiger partial charge in [0.05, 0.1) is 4.92 Å². The van der Waals surface area contributed by atoms with Crippen LogP contribution in [0.3, 0.4) is 0 Å². The van der Waals surface area contributed by atoms with E-state index in [2.05, 4.69) is 0 Å². The fourth-order valence-corrected chi connectivity index (χ4v) is 2.80. The Labute approximate surface area is 107 Å². The van der Waals surface area contributed by atoms with Crippen molar-refractivity contribution in [3.63, 3.8) is 0 Å². The number of hydrogen-bond donors (Lipinski definition) is 1. The fourth-order valence-electron chi connectivity index (χ4n) is 2.80. The lowest BCUT2D eigenvalue weighted by atomic mass is 9.81. The first-order valence-corrected chi connectivity index (χ1v) is 6.60. The van der Waals surface area contributed by atoms with Crippen LogP contribution in [0.5, 0.6) is 0 Å². The molecule has 0 amide bonds. The Hall–Kier alpha value is -1.42. The van der Waals surface area contributed by atoms with E-state index in [9.17, 15) is 10.1 Å². The summed E-state index contributed by atoms with van der Waals surface area (Å²) in [5, 5.41) is 10.9. The summed E-state index contributed by atoms with van der Waals surface area (Å²) in [5.41, 5.74) is 8.04. The Morgan fingerprint density at radius 2 is 2.00 bits per heavy atom. The number of nitrogens with zero attached hydrogens (tertiary/aromatic N) is 1. The van der Waals surface area contributed by atoms with E-state index in [4.69, 9.17) is 5.73 Å². The maximum atomic E-state index is 10.9. The summed E-state index contributed by atoms with van der Waals surface area (Å²) < 4.78 is 0. The van der Waals surface area contributed by atoms with E-state index in [1.165, 1.54) is 19.3 Å². The minimum atomic E-state index is -0.327. The molecule has 1 atom stereocenters. The summed E-state index contributed by atoms with van der Waals surface area (Å²) in [5.74, 6) is 0.473. The Morgan fingerprint density at radius 3 is 2.61 bits per heavy atom. The molecule has 1 aromatic carbocycles. The maximum absolute atomic E-state index is 10.9. The normalized spacial score (nSPS) is 18.6. The molecule has 0 aromatic heterocycles. The van der Waals surface area contributed by atoms with Crippen LogP contribution in [-0.4, -0.2) is 4.92 Å². The minimum absolute atomic E-state index is 0.0652. The average Bonchev–Trinajstić information content (AvgIpc) is 2.39. The molecule has 0 radical (unpaired) electrons. The van der Waals surface area contributed by atoms with Crippen molar-refractivity contribution in [1.29, 1.82) is 0 Å². The van der Waals surface area contributed by atoms with Gasteiger partial charge in [-0.25, -0.2) is 0 Å². The summed E-state index contributed by atoms with van der Waals surface area (Å²) in [6, 6.07) is 5.32. The summed E-state index contributed by atoms with van der Waals surface area (Å²) in [4.78, 5) is 10.6. The van der Waals surface area contributed by atoms with E-state index in [-0.39, 0.29) is 16.7 Å². The van der Waals surface area contributed by atoms with Crippen LogP contribution in [0.4, 0.5) is 5.69 Å². The van der Waals surface area contributed by atoms with Crippen molar-refractivity contribution in [2.45, 2.75) is 45.1 Å². The molecule has 0 saturated heterocycles. The lowest BCUT2D eigenvalue weighted by molar-refractivity contribution is -0.385. The molecule has 1 fully saturated rings. The number of nitrogens with two attached hydrogens (primary N) is 1. The highest BCUT2D eigenvalue weighted by Crippen LogP contribution is 2.34. The number of nitro groups is 1. The van der Waals surface area contributed by atoms with Gasteiger partial charge in [0.1, 0.15) is 0 Å². The lowest BCUT2D eigenvalue weighted by Crippen LogP contribution is -2.23. The highest BCUT2D eigenvalue weighted by Gasteiger charge is 2.23. The molecule has 0 heterocycles. The molecular weight excluding hydrogens is 228 g/mol. The van der Waals surface area contributed by atoms with Gasteiger partial charge in [-0.1, -0.05) is 31.4 Å². The van der Waals surface area contributed by atoms with Crippen LogP contribution in [0.2, 0.25) is 0 Å². The monoisotopic (exact) mass is 248 g/mol. The van der Waals surface area contributed by atoms with Gasteiger partial charge in [0.2, 0.25) is 0 Å². The third kappa shape index (κ3) is 2.70. The molecule has 1 aromatic rings. The van der Waals surface area contributed by atoms with Crippen molar-refractivity contribution in [1.82, 2.24) is 0 Å². The van der Waals surface area contributed by atoms with Gasteiger partial charge < -0.3 is 5.73 Å². The number of aryl methyl sites for hydroxylation is 1. The molecular formula is C14H20N2O2. The van der Waals surface area contributed by atoms with Gasteiger partial charge in [0, 0.05) is 17.7 Å². The van der Waals surface area contributed by atoms with E-state index in [1.807, 2.05) is 6.07 Å². The molecule has 98 valence electrons. The molecule has 0 unspecified atom stereocenters. The first-order chi connectivity index (χ1) is 8.59. The SMILES string of the molecule is Cc1ccc([C@@H](N)C2CCCCC2)cc1[N+](=O)[O-]. The summed E-state index contributed by atoms with van der Waals surface area (Å²) in [6.07, 6.45) is 6.03. The molecule has 0 bridgehead atoms. The zero-order chi connectivity index (χ0) is 13.1. The van der Waals surface area contributed by atoms with Gasteiger partial charge in [-0.05, 0) is 31.2 Å². The standard InChI is InChI=1S/C14H20N2O2/c1-10-7-8-12(9-13(10)16(17)18)14(15)11-5-3-2-4-6-11/h7-9,11,14H,2-6,15H2,1H3/t14-/m0/s1. The molecule has 4 nitrogen and oxygen atoms in total. The van der Waals surface area contributed by atoms with Crippen molar-refractivity contribution in [2.24, 2.45) is 11.7 Å². The average molecular weight is 248 g/mol. The first kappa shape index (κ1) is 13.0. The van der Waals surface area contributed by atoms with Crippen LogP contribution in [0.1, 0.15) is 49.3 Å². The molecule has 4 heteroatoms. The van der Waals surface area contributed by atoms with Gasteiger partial charge in [-0.3, -0.25) is 10.1 Å². The Kier molecular flexibility index (Phi) is 3.97. The molecule has 1 aliphatic rings. The third-order valence-corrected chi connectivity index (χ3v) is 3.97. The fraction of sp³-hybridized carbons (Fsp3) is 0.571. The zero-order valence-electron chi connectivity index (χ0n) is 10.8. The van der Waals surface area contributed by atoms with Crippen molar-refractivity contribution in [3.05, 3.63) is 39.4 Å². The number of benzene rings is 1. The Morgan fingerprint density at radius 1 is 1.33 bits per heavy atom. The van der Waals surface area contributed by atoms with Crippen LogP contribution < -0.4 is 5.73 Å². The molecule has 2 rings (SSSR count). The summed E-state index contributed by atoms with van der Waals surface area (Å²) in [7, 11) is 0. The largest absolute Gasteiger partial charge is 0.324 e. The topological polar surface area (TPSA) is 69.2 Å². The summed E-state index contributed by atoms with van der Waals surface area (Å²) in [6.45, 7) is 1.76. The first-order valence-electron chi connectivity index (χ1n) is 6.60. The van der Waals surface area contributed by atoms with Crippen LogP contribution in [-0.2, 0) is 0 Å². The van der Waals surface area contributed by atoms with Gasteiger partial charge in [-0.2, -0.15) is 0 Å². The van der Waals surface area contributed by atoms with Crippen LogP contribution in [0, 0.1) is 23.0 Å². The predicted octanol–water partition coefficient (Wildman–Crippen LogP) is 3.48. The van der Waals surface area contributed by atoms with E-state index < -0.39 is 0 Å². The predicted molar refractivity (Wildman–Crippen MR) is 71.3 cm³/mol. The van der Waals surface area contributed by atoms with E-state index in [1.54, 1.807) is 19.1 Å². The second kappa shape index (κ2) is 5.48. The molecule has 1 saturated carbocycles. The molecule has 1 aliphatic carbocycles. The van der Waals surface area contributed by atoms with Crippen LogP contribution >= 0.6 is 0 Å². The third-order valence-electron chi connectivity index (χ3n) is 3.97. The van der Waals surface area contributed by atoms with Gasteiger partial charge in [0.15, 0.2) is 0 Å². The van der Waals surface area contributed by atoms with E-state index >= 15 is 0 Å². The van der Waals surface area contributed by atoms with Crippen molar-refractivity contribution >= 4 is 5.69 Å². The zero-order valence-corrected chi connectivity index (χ0v) is 10.8. The molecule has 0 spiro atoms. The van der Waals surface area contributed by atoms with Gasteiger partial charge in [0.25, 0.3) is 5.69 Å². The number of rotatable bonds is 3. The van der Waals surface area contributed by atoms with Crippen molar-refractivity contribution < 1.29 is 4.92 Å². The van der Waals surface area contributed by atoms with E-state index in [0.29, 0.717) is 11.5 Å². The number of nitro benzene ring substituents is 1. The minimum Gasteiger partial charge on any atom is -0.324 e. The molecule has 0 aliphatic heterocycles. The lowest BCUT2D eigenvalue weighted by Gasteiger charge is -2.27. The van der Waals surface area contributed by atoms with Gasteiger partial charge in [-0.15, -0.1) is 0 Å². The second-order valence-corrected chi connectivity index (χ2v) is 5.23. The van der Waals surface area contributed by atoms with Crippen LogP contribution in [0.25, 0.3) is 0 Å². The smallest absolute Gasteiger partial charge is 0.272 e. The van der Waals surface area contributed by atoms with Crippen molar-refractivity contribution in [2.75, 3.05) is 0 Å². The number of hydrogen-bond acceptors (Lipinski definition) is 3. The quantitative estimate of drug-likeness (QED) is 0.657. The van der Waals surface area contributed by atoms with E-state index in [0.717, 1.165) is 18.4 Å². The summed E-state index contributed by atoms with van der Waals surface area (Å²) >= 11 is 0. The van der Waals surface area contributed by atoms with Crippen molar-refractivity contribution in [3.8, 4) is 0 Å². The second-order valence-electron chi connectivity index (χ2n) is 5.23. The molecule has 18 heavy (non-hydrogen) atoms. The highest BCUT2D eigenvalue weighted by molar-refractivity contribution is 5.43. The highest BCUT2D eigenvalue weighted by atomic mass is 16.6. The Bertz CT molecular complexity index is 439. The Balaban J connectivity index is 2.21.